The molecule has 0 aromatic heterocycles. The van der Waals surface area contributed by atoms with Crippen molar-refractivity contribution in [2.75, 3.05) is 48.7 Å². The third-order valence-electron chi connectivity index (χ3n) is 6.36. The monoisotopic (exact) mass is 493 g/mol. The normalized spacial score (nSPS) is 14.5. The number of amides is 1. The van der Waals surface area contributed by atoms with Crippen molar-refractivity contribution in [1.82, 2.24) is 4.90 Å². The highest BCUT2D eigenvalue weighted by Gasteiger charge is 2.35. The van der Waals surface area contributed by atoms with Gasteiger partial charge in [-0.25, -0.2) is 0 Å². The summed E-state index contributed by atoms with van der Waals surface area (Å²) in [7, 11) is 7.91. The van der Waals surface area contributed by atoms with Gasteiger partial charge in [-0.3, -0.25) is 4.79 Å². The number of methoxy groups -OCH3 is 5. The van der Waals surface area contributed by atoms with Gasteiger partial charge in [0.15, 0.2) is 23.0 Å². The molecule has 0 fully saturated rings. The largest absolute Gasteiger partial charge is 0.497 e. The van der Waals surface area contributed by atoms with Gasteiger partial charge in [0.25, 0.3) is 5.91 Å². The quantitative estimate of drug-likeness (QED) is 0.433. The molecule has 0 aliphatic carbocycles. The highest BCUT2D eigenvalue weighted by atomic mass is 16.5. The topological polar surface area (TPSA) is 75.7 Å². The molecule has 0 N–H and O–H groups in total. The van der Waals surface area contributed by atoms with Gasteiger partial charge in [0.1, 0.15) is 18.1 Å². The fraction of sp³-hybridized carbons (Fsp3) is 0.321. The maximum atomic E-state index is 13.9. The Morgan fingerprint density at radius 2 is 1.47 bits per heavy atom. The molecule has 0 radical (unpaired) electrons. The summed E-state index contributed by atoms with van der Waals surface area (Å²) in [4.78, 5) is 15.7. The molecule has 1 atom stereocenters. The second-order valence-electron chi connectivity index (χ2n) is 8.20. The first-order valence-corrected chi connectivity index (χ1v) is 11.6. The number of carbonyl (C=O) groups is 1. The Hall–Kier alpha value is -4.07. The fourth-order valence-corrected chi connectivity index (χ4v) is 4.51. The second-order valence-corrected chi connectivity index (χ2v) is 8.20. The SMILES string of the molecule is COc1ccc(OC[C@@H]2c3cc(OC)c(OC)cc3CCN2C(=O)c2cccc(OC)c2OC)cc1. The third kappa shape index (κ3) is 4.84. The van der Waals surface area contributed by atoms with Crippen LogP contribution in [0.25, 0.3) is 0 Å². The zero-order chi connectivity index (χ0) is 25.7. The molecule has 8 nitrogen and oxygen atoms in total. The zero-order valence-corrected chi connectivity index (χ0v) is 21.2. The summed E-state index contributed by atoms with van der Waals surface area (Å²) in [5.41, 5.74) is 2.45. The summed E-state index contributed by atoms with van der Waals surface area (Å²) >= 11 is 0. The third-order valence-corrected chi connectivity index (χ3v) is 6.36. The lowest BCUT2D eigenvalue weighted by atomic mass is 9.91. The van der Waals surface area contributed by atoms with Crippen LogP contribution < -0.4 is 28.4 Å². The number of nitrogens with zero attached hydrogens (tertiary/aromatic N) is 1. The minimum Gasteiger partial charge on any atom is -0.497 e. The van der Waals surface area contributed by atoms with E-state index in [0.29, 0.717) is 47.3 Å². The molecule has 1 heterocycles. The predicted octanol–water partition coefficient (Wildman–Crippen LogP) is 4.55. The first-order chi connectivity index (χ1) is 17.5. The molecule has 0 saturated carbocycles. The number of benzene rings is 3. The Morgan fingerprint density at radius 3 is 2.11 bits per heavy atom. The van der Waals surface area contributed by atoms with Crippen LogP contribution >= 0.6 is 0 Å². The van der Waals surface area contributed by atoms with E-state index in [1.54, 1.807) is 46.6 Å². The van der Waals surface area contributed by atoms with Gasteiger partial charge < -0.3 is 33.3 Å². The Bertz CT molecular complexity index is 1210. The van der Waals surface area contributed by atoms with Crippen LogP contribution in [0.15, 0.2) is 54.6 Å². The number of fused-ring (bicyclic) bond motifs is 1. The van der Waals surface area contributed by atoms with Crippen LogP contribution in [-0.4, -0.2) is 59.5 Å². The van der Waals surface area contributed by atoms with E-state index in [-0.39, 0.29) is 18.6 Å². The summed E-state index contributed by atoms with van der Waals surface area (Å²) in [6.07, 6.45) is 0.659. The van der Waals surface area contributed by atoms with E-state index in [1.165, 1.54) is 7.11 Å². The molecular formula is C28H31NO7. The lowest BCUT2D eigenvalue weighted by Crippen LogP contribution is -2.42. The van der Waals surface area contributed by atoms with Crippen molar-refractivity contribution in [2.45, 2.75) is 12.5 Å². The molecule has 8 heteroatoms. The molecule has 1 aliphatic heterocycles. The molecule has 0 bridgehead atoms. The van der Waals surface area contributed by atoms with Crippen molar-refractivity contribution in [1.29, 1.82) is 0 Å². The molecule has 0 spiro atoms. The number of hydrogen-bond acceptors (Lipinski definition) is 7. The first kappa shape index (κ1) is 25.0. The highest BCUT2D eigenvalue weighted by molar-refractivity contribution is 5.98. The molecule has 4 rings (SSSR count). The Kier molecular flexibility index (Phi) is 7.73. The number of ether oxygens (including phenoxy) is 6. The number of carbonyl (C=O) groups excluding carboxylic acids is 1. The van der Waals surface area contributed by atoms with E-state index in [1.807, 2.05) is 41.3 Å². The van der Waals surface area contributed by atoms with Crippen molar-refractivity contribution in [2.24, 2.45) is 0 Å². The smallest absolute Gasteiger partial charge is 0.258 e. The molecule has 36 heavy (non-hydrogen) atoms. The van der Waals surface area contributed by atoms with E-state index in [0.717, 1.165) is 16.9 Å². The van der Waals surface area contributed by atoms with Crippen molar-refractivity contribution >= 4 is 5.91 Å². The minimum atomic E-state index is -0.376. The molecule has 1 aliphatic rings. The zero-order valence-electron chi connectivity index (χ0n) is 21.2. The molecule has 0 saturated heterocycles. The Morgan fingerprint density at radius 1 is 0.806 bits per heavy atom. The van der Waals surface area contributed by atoms with Crippen LogP contribution in [0.5, 0.6) is 34.5 Å². The Labute approximate surface area is 211 Å². The van der Waals surface area contributed by atoms with E-state index < -0.39 is 0 Å². The van der Waals surface area contributed by atoms with Crippen LogP contribution in [0.3, 0.4) is 0 Å². The van der Waals surface area contributed by atoms with Crippen LogP contribution in [0.2, 0.25) is 0 Å². The number of para-hydroxylation sites is 1. The van der Waals surface area contributed by atoms with Crippen molar-refractivity contribution < 1.29 is 33.2 Å². The number of rotatable bonds is 9. The van der Waals surface area contributed by atoms with Gasteiger partial charge in [0, 0.05) is 6.54 Å². The average Bonchev–Trinajstić information content (AvgIpc) is 2.94. The standard InChI is InChI=1S/C28H31NO7/c1-31-19-9-11-20(12-10-19)36-17-23-22-16-26(34-4)25(33-3)15-18(22)13-14-29(23)28(30)21-7-6-8-24(32-2)27(21)35-5/h6-12,15-16,23H,13-14,17H2,1-5H3/t23-/m1/s1. The molecule has 0 unspecified atom stereocenters. The van der Waals surface area contributed by atoms with Crippen LogP contribution in [0.4, 0.5) is 0 Å². The first-order valence-electron chi connectivity index (χ1n) is 11.6. The molecule has 1 amide bonds. The minimum absolute atomic E-state index is 0.172. The van der Waals surface area contributed by atoms with E-state index in [9.17, 15) is 4.79 Å². The summed E-state index contributed by atoms with van der Waals surface area (Å²) in [5.74, 6) is 3.39. The van der Waals surface area contributed by atoms with Gasteiger partial charge in [-0.2, -0.15) is 0 Å². The number of hydrogen-bond donors (Lipinski definition) is 0. The second kappa shape index (κ2) is 11.1. The Balaban J connectivity index is 1.73. The van der Waals surface area contributed by atoms with Crippen molar-refractivity contribution in [3.63, 3.8) is 0 Å². The summed E-state index contributed by atoms with van der Waals surface area (Å²) < 4.78 is 33.5. The van der Waals surface area contributed by atoms with Gasteiger partial charge in [0.05, 0.1) is 47.2 Å². The molecule has 190 valence electrons. The fourth-order valence-electron chi connectivity index (χ4n) is 4.51. The maximum absolute atomic E-state index is 13.9. The highest BCUT2D eigenvalue weighted by Crippen LogP contribution is 2.40. The van der Waals surface area contributed by atoms with Crippen LogP contribution in [-0.2, 0) is 6.42 Å². The maximum Gasteiger partial charge on any atom is 0.258 e. The molecular weight excluding hydrogens is 462 g/mol. The van der Waals surface area contributed by atoms with Gasteiger partial charge in [-0.05, 0) is 66.1 Å². The average molecular weight is 494 g/mol. The van der Waals surface area contributed by atoms with E-state index in [2.05, 4.69) is 0 Å². The van der Waals surface area contributed by atoms with E-state index in [4.69, 9.17) is 28.4 Å². The van der Waals surface area contributed by atoms with E-state index >= 15 is 0 Å². The lowest BCUT2D eigenvalue weighted by molar-refractivity contribution is 0.0585. The van der Waals surface area contributed by atoms with Crippen LogP contribution in [0, 0.1) is 0 Å². The van der Waals surface area contributed by atoms with Crippen molar-refractivity contribution in [3.05, 3.63) is 71.3 Å². The summed E-state index contributed by atoms with van der Waals surface area (Å²) in [6, 6.07) is 16.2. The molecule has 3 aromatic carbocycles. The van der Waals surface area contributed by atoms with Gasteiger partial charge >= 0.3 is 0 Å². The summed E-state index contributed by atoms with van der Waals surface area (Å²) in [6.45, 7) is 0.741. The van der Waals surface area contributed by atoms with Gasteiger partial charge in [-0.15, -0.1) is 0 Å². The van der Waals surface area contributed by atoms with Crippen molar-refractivity contribution in [3.8, 4) is 34.5 Å². The predicted molar refractivity (Wildman–Crippen MR) is 135 cm³/mol. The van der Waals surface area contributed by atoms with Gasteiger partial charge in [0.2, 0.25) is 0 Å². The van der Waals surface area contributed by atoms with Crippen LogP contribution in [0.1, 0.15) is 27.5 Å². The van der Waals surface area contributed by atoms with Gasteiger partial charge in [-0.1, -0.05) is 6.07 Å². The lowest BCUT2D eigenvalue weighted by Gasteiger charge is -2.38. The summed E-state index contributed by atoms with van der Waals surface area (Å²) in [5, 5.41) is 0. The molecule has 3 aromatic rings.